The first-order chi connectivity index (χ1) is 12.4. The van der Waals surface area contributed by atoms with Crippen LogP contribution in [0, 0.1) is 13.8 Å². The Labute approximate surface area is 159 Å². The summed E-state index contributed by atoms with van der Waals surface area (Å²) in [6.07, 6.45) is 0. The Balaban J connectivity index is 2.16. The minimum atomic E-state index is -4.06. The average molecular weight is 412 g/mol. The van der Waals surface area contributed by atoms with Crippen molar-refractivity contribution >= 4 is 26.0 Å². The second-order valence-corrected chi connectivity index (χ2v) is 9.97. The van der Waals surface area contributed by atoms with Crippen molar-refractivity contribution in [2.24, 2.45) is 0 Å². The highest BCUT2D eigenvalue weighted by molar-refractivity contribution is 7.89. The number of hydrazine groups is 1. The molecule has 146 valence electrons. The molecular weight excluding hydrogens is 390 g/mol. The number of nitrogens with zero attached hydrogens (tertiary/aromatic N) is 1. The van der Waals surface area contributed by atoms with E-state index in [2.05, 4.69) is 5.43 Å². The highest BCUT2D eigenvalue weighted by Crippen LogP contribution is 2.16. The maximum absolute atomic E-state index is 12.3. The van der Waals surface area contributed by atoms with Crippen LogP contribution in [0.2, 0.25) is 0 Å². The van der Waals surface area contributed by atoms with Crippen molar-refractivity contribution < 1.29 is 21.6 Å². The predicted octanol–water partition coefficient (Wildman–Crippen LogP) is 1.18. The molecule has 8 nitrogen and oxygen atoms in total. The predicted molar refractivity (Wildman–Crippen MR) is 101 cm³/mol. The quantitative estimate of drug-likeness (QED) is 0.693. The number of amides is 1. The molecule has 0 radical (unpaired) electrons. The number of benzene rings is 2. The van der Waals surface area contributed by atoms with Crippen LogP contribution < -0.4 is 10.3 Å². The maximum atomic E-state index is 12.3. The van der Waals surface area contributed by atoms with Gasteiger partial charge in [0.25, 0.3) is 15.9 Å². The Bertz CT molecular complexity index is 1060. The lowest BCUT2D eigenvalue weighted by Crippen LogP contribution is -2.41. The van der Waals surface area contributed by atoms with Crippen molar-refractivity contribution in [2.75, 3.05) is 14.1 Å². The van der Waals surface area contributed by atoms with E-state index in [1.54, 1.807) is 19.1 Å². The molecular formula is C17H21N3O5S2. The lowest BCUT2D eigenvalue weighted by molar-refractivity contribution is 0.0944. The molecule has 0 saturated heterocycles. The summed E-state index contributed by atoms with van der Waals surface area (Å²) in [5.74, 6) is -0.595. The number of sulfonamides is 2. The van der Waals surface area contributed by atoms with Gasteiger partial charge in [0.1, 0.15) is 0 Å². The third kappa shape index (κ3) is 4.72. The Hall–Kier alpha value is -2.27. The van der Waals surface area contributed by atoms with E-state index in [0.717, 1.165) is 22.0 Å². The smallest absolute Gasteiger partial charge is 0.266 e. The van der Waals surface area contributed by atoms with Crippen molar-refractivity contribution in [3.63, 3.8) is 0 Å². The van der Waals surface area contributed by atoms with Crippen molar-refractivity contribution in [1.82, 2.24) is 14.6 Å². The van der Waals surface area contributed by atoms with E-state index < -0.39 is 26.0 Å². The molecule has 0 aromatic heterocycles. The number of hydrogen-bond acceptors (Lipinski definition) is 5. The summed E-state index contributed by atoms with van der Waals surface area (Å²) in [5, 5.41) is 0. The lowest BCUT2D eigenvalue weighted by atomic mass is 10.1. The first-order valence-corrected chi connectivity index (χ1v) is 10.8. The molecule has 0 aliphatic rings. The van der Waals surface area contributed by atoms with E-state index in [0.29, 0.717) is 11.1 Å². The van der Waals surface area contributed by atoms with Crippen LogP contribution in [0.15, 0.2) is 52.3 Å². The molecule has 0 bridgehead atoms. The molecule has 2 N–H and O–H groups in total. The third-order valence-corrected chi connectivity index (χ3v) is 6.93. The van der Waals surface area contributed by atoms with Gasteiger partial charge in [-0.15, -0.1) is 4.83 Å². The number of hydrogen-bond donors (Lipinski definition) is 2. The lowest BCUT2D eigenvalue weighted by Gasteiger charge is -2.13. The topological polar surface area (TPSA) is 113 Å². The number of carbonyl (C=O) groups excluding carboxylic acids is 1. The second-order valence-electron chi connectivity index (χ2n) is 6.14. The molecule has 0 unspecified atom stereocenters. The molecule has 2 rings (SSSR count). The second kappa shape index (κ2) is 7.77. The molecule has 0 saturated carbocycles. The highest BCUT2D eigenvalue weighted by Gasteiger charge is 2.20. The van der Waals surface area contributed by atoms with Gasteiger partial charge in [-0.05, 0) is 49.7 Å². The van der Waals surface area contributed by atoms with Gasteiger partial charge in [-0.1, -0.05) is 17.7 Å². The van der Waals surface area contributed by atoms with E-state index in [1.165, 1.54) is 26.2 Å². The van der Waals surface area contributed by atoms with E-state index in [-0.39, 0.29) is 9.79 Å². The molecule has 2 aromatic rings. The monoisotopic (exact) mass is 411 g/mol. The van der Waals surface area contributed by atoms with Crippen LogP contribution in [0.5, 0.6) is 0 Å². The molecule has 0 aliphatic carbocycles. The fraction of sp³-hybridized carbons (Fsp3) is 0.235. The van der Waals surface area contributed by atoms with Crippen LogP contribution >= 0.6 is 0 Å². The fourth-order valence-electron chi connectivity index (χ4n) is 2.31. The van der Waals surface area contributed by atoms with E-state index >= 15 is 0 Å². The number of carbonyl (C=O) groups is 1. The molecule has 0 fully saturated rings. The van der Waals surface area contributed by atoms with Gasteiger partial charge >= 0.3 is 0 Å². The number of aryl methyl sites for hydroxylation is 2. The van der Waals surface area contributed by atoms with Gasteiger partial charge in [0.05, 0.1) is 9.79 Å². The van der Waals surface area contributed by atoms with Crippen molar-refractivity contribution in [3.05, 3.63) is 59.2 Å². The molecule has 0 spiro atoms. The van der Waals surface area contributed by atoms with Gasteiger partial charge in [-0.25, -0.2) is 21.1 Å². The molecule has 0 aliphatic heterocycles. The van der Waals surface area contributed by atoms with Crippen LogP contribution in [-0.2, 0) is 20.0 Å². The zero-order valence-electron chi connectivity index (χ0n) is 15.3. The third-order valence-electron chi connectivity index (χ3n) is 3.84. The molecule has 2 aromatic carbocycles. The van der Waals surface area contributed by atoms with Gasteiger partial charge in [0.15, 0.2) is 0 Å². The Kier molecular flexibility index (Phi) is 6.05. The van der Waals surface area contributed by atoms with Gasteiger partial charge < -0.3 is 0 Å². The van der Waals surface area contributed by atoms with E-state index in [1.807, 2.05) is 17.8 Å². The Morgan fingerprint density at radius 2 is 1.44 bits per heavy atom. The van der Waals surface area contributed by atoms with Crippen molar-refractivity contribution in [2.45, 2.75) is 23.6 Å². The van der Waals surface area contributed by atoms with E-state index in [9.17, 15) is 21.6 Å². The average Bonchev–Trinajstić information content (AvgIpc) is 2.59. The Morgan fingerprint density at radius 3 is 1.96 bits per heavy atom. The van der Waals surface area contributed by atoms with Crippen LogP contribution in [0.25, 0.3) is 0 Å². The maximum Gasteiger partial charge on any atom is 0.266 e. The fourth-order valence-corrected chi connectivity index (χ4v) is 4.05. The van der Waals surface area contributed by atoms with Crippen LogP contribution in [0.3, 0.4) is 0 Å². The summed E-state index contributed by atoms with van der Waals surface area (Å²) >= 11 is 0. The first-order valence-electron chi connectivity index (χ1n) is 7.87. The summed E-state index contributed by atoms with van der Waals surface area (Å²) in [6.45, 7) is 3.64. The highest BCUT2D eigenvalue weighted by atomic mass is 32.2. The van der Waals surface area contributed by atoms with Crippen LogP contribution in [0.4, 0.5) is 0 Å². The van der Waals surface area contributed by atoms with Crippen LogP contribution in [-0.4, -0.2) is 41.1 Å². The Morgan fingerprint density at radius 1 is 0.889 bits per heavy atom. The molecule has 0 atom stereocenters. The summed E-state index contributed by atoms with van der Waals surface area (Å²) in [5.41, 5.74) is 4.20. The van der Waals surface area contributed by atoms with Gasteiger partial charge in [0, 0.05) is 19.7 Å². The van der Waals surface area contributed by atoms with Gasteiger partial charge in [0.2, 0.25) is 10.0 Å². The molecule has 1 amide bonds. The summed E-state index contributed by atoms with van der Waals surface area (Å²) < 4.78 is 49.7. The first kappa shape index (κ1) is 21.0. The van der Waals surface area contributed by atoms with Crippen molar-refractivity contribution in [3.8, 4) is 0 Å². The SMILES string of the molecule is Cc1ccc(C(=O)NNS(=O)(=O)c2ccc(S(=O)(=O)N(C)C)cc2)c(C)c1. The number of nitrogens with one attached hydrogen (secondary N) is 2. The summed E-state index contributed by atoms with van der Waals surface area (Å²) in [4.78, 5) is 14.0. The normalized spacial score (nSPS) is 12.2. The zero-order chi connectivity index (χ0) is 20.4. The zero-order valence-corrected chi connectivity index (χ0v) is 17.0. The molecule has 0 heterocycles. The minimum absolute atomic E-state index is 0.0363. The van der Waals surface area contributed by atoms with Crippen molar-refractivity contribution in [1.29, 1.82) is 0 Å². The number of rotatable bonds is 6. The van der Waals surface area contributed by atoms with Gasteiger partial charge in [-0.3, -0.25) is 10.2 Å². The van der Waals surface area contributed by atoms with E-state index in [4.69, 9.17) is 0 Å². The minimum Gasteiger partial charge on any atom is -0.273 e. The van der Waals surface area contributed by atoms with Crippen LogP contribution in [0.1, 0.15) is 21.5 Å². The molecule has 10 heteroatoms. The standard InChI is InChI=1S/C17H21N3O5S2/c1-12-5-10-16(13(2)11-12)17(21)18-19-26(22,23)14-6-8-15(9-7-14)27(24,25)20(3)4/h5-11,19H,1-4H3,(H,18,21). The largest absolute Gasteiger partial charge is 0.273 e. The summed E-state index contributed by atoms with van der Waals surface area (Å²) in [6, 6.07) is 9.86. The van der Waals surface area contributed by atoms with Gasteiger partial charge in [-0.2, -0.15) is 0 Å². The molecule has 27 heavy (non-hydrogen) atoms. The summed E-state index contributed by atoms with van der Waals surface area (Å²) in [7, 11) is -4.96.